The molecule has 9 nitrogen and oxygen atoms in total. The number of aliphatic carboxylic acids is 1. The quantitative estimate of drug-likeness (QED) is 0.299. The van der Waals surface area contributed by atoms with Crippen molar-refractivity contribution in [1.82, 2.24) is 9.80 Å². The van der Waals surface area contributed by atoms with Gasteiger partial charge in [0.15, 0.2) is 0 Å². The number of carbonyl (C=O) groups is 3. The molecule has 0 radical (unpaired) electrons. The molecule has 240 valence electrons. The number of rotatable bonds is 10. The van der Waals surface area contributed by atoms with Crippen molar-refractivity contribution < 1.29 is 33.4 Å². The van der Waals surface area contributed by atoms with Crippen LogP contribution in [0.15, 0.2) is 41.8 Å². The van der Waals surface area contributed by atoms with Crippen LogP contribution in [0.3, 0.4) is 0 Å². The molecule has 3 heterocycles. The van der Waals surface area contributed by atoms with Crippen LogP contribution in [0.5, 0.6) is 0 Å². The Balaban J connectivity index is 1.11. The SMILES string of the molecule is COC1CN([C@H]2C[C@@H](COC3CCC(C(=O)O)CC3)N(C(=O)Cc3cc(Cl)c(NC(=O)c4csc5ccccc45)cc3F)C2)C1. The summed E-state index contributed by atoms with van der Waals surface area (Å²) in [6, 6.07) is 10.1. The highest BCUT2D eigenvalue weighted by atomic mass is 35.5. The molecule has 12 heteroatoms. The van der Waals surface area contributed by atoms with Crippen LogP contribution in [0.4, 0.5) is 10.1 Å². The van der Waals surface area contributed by atoms with Crippen molar-refractivity contribution in [1.29, 1.82) is 0 Å². The lowest BCUT2D eigenvalue weighted by Gasteiger charge is -2.42. The second kappa shape index (κ2) is 13.7. The molecule has 0 unspecified atom stereocenters. The minimum absolute atomic E-state index is 0.0374. The Hall–Kier alpha value is -3.09. The smallest absolute Gasteiger partial charge is 0.306 e. The Morgan fingerprint density at radius 3 is 2.58 bits per heavy atom. The van der Waals surface area contributed by atoms with Crippen LogP contribution in [0.1, 0.15) is 48.0 Å². The van der Waals surface area contributed by atoms with Gasteiger partial charge in [-0.1, -0.05) is 29.8 Å². The molecular weight excluding hydrogens is 621 g/mol. The number of amides is 2. The van der Waals surface area contributed by atoms with Crippen molar-refractivity contribution in [3.05, 3.63) is 63.7 Å². The van der Waals surface area contributed by atoms with E-state index in [-0.39, 0.29) is 64.7 Å². The van der Waals surface area contributed by atoms with Crippen LogP contribution < -0.4 is 5.32 Å². The number of halogens is 2. The molecule has 6 rings (SSSR count). The molecule has 1 aliphatic carbocycles. The number of ether oxygens (including phenoxy) is 2. The van der Waals surface area contributed by atoms with Crippen molar-refractivity contribution in [2.45, 2.75) is 62.8 Å². The van der Waals surface area contributed by atoms with Crippen LogP contribution in [-0.4, -0.2) is 90.3 Å². The third kappa shape index (κ3) is 7.02. The second-order valence-corrected chi connectivity index (χ2v) is 13.6. The summed E-state index contributed by atoms with van der Waals surface area (Å²) < 4.78 is 28.0. The van der Waals surface area contributed by atoms with Gasteiger partial charge in [0.1, 0.15) is 5.82 Å². The standard InChI is InChI=1S/C33H37ClFN3O6S/c1-43-24-15-37(16-24)21-12-22(17-44-23-8-6-19(7-9-23)33(41)42)38(14-21)31(39)11-20-10-27(34)29(13-28(20)35)36-32(40)26-18-45-30-5-3-2-4-25(26)30/h2-5,10,13,18-19,21-24H,6-9,11-12,14-17H2,1H3,(H,36,40)(H,41,42)/t19?,21-,22-,23?/m0/s1. The van der Waals surface area contributed by atoms with Crippen molar-refractivity contribution in [3.8, 4) is 0 Å². The van der Waals surface area contributed by atoms with E-state index in [4.69, 9.17) is 21.1 Å². The number of methoxy groups -OCH3 is 1. The summed E-state index contributed by atoms with van der Waals surface area (Å²) in [5.74, 6) is -2.31. The largest absolute Gasteiger partial charge is 0.481 e. The first kappa shape index (κ1) is 31.9. The highest BCUT2D eigenvalue weighted by Crippen LogP contribution is 2.33. The van der Waals surface area contributed by atoms with Crippen LogP contribution in [-0.2, 0) is 25.5 Å². The number of fused-ring (bicyclic) bond motifs is 1. The fraction of sp³-hybridized carbons (Fsp3) is 0.485. The molecule has 2 aliphatic heterocycles. The molecule has 2 amide bonds. The predicted molar refractivity (Wildman–Crippen MR) is 171 cm³/mol. The Morgan fingerprint density at radius 1 is 1.09 bits per heavy atom. The minimum atomic E-state index is -0.758. The Morgan fingerprint density at radius 2 is 1.84 bits per heavy atom. The topological polar surface area (TPSA) is 108 Å². The van der Waals surface area contributed by atoms with Gasteiger partial charge in [0, 0.05) is 48.3 Å². The molecule has 2 atom stereocenters. The summed E-state index contributed by atoms with van der Waals surface area (Å²) in [6.07, 6.45) is 3.23. The molecule has 2 aromatic carbocycles. The third-order valence-corrected chi connectivity index (χ3v) is 10.7. The summed E-state index contributed by atoms with van der Waals surface area (Å²) >= 11 is 7.95. The molecule has 3 fully saturated rings. The van der Waals surface area contributed by atoms with Crippen LogP contribution in [0.25, 0.3) is 10.1 Å². The van der Waals surface area contributed by atoms with Gasteiger partial charge >= 0.3 is 5.97 Å². The van der Waals surface area contributed by atoms with E-state index >= 15 is 4.39 Å². The molecule has 1 aromatic heterocycles. The number of carboxylic acids is 1. The lowest BCUT2D eigenvalue weighted by atomic mass is 9.87. The number of nitrogens with one attached hydrogen (secondary N) is 1. The van der Waals surface area contributed by atoms with E-state index in [1.54, 1.807) is 17.4 Å². The van der Waals surface area contributed by atoms with E-state index in [0.717, 1.165) is 29.6 Å². The van der Waals surface area contributed by atoms with Crippen molar-refractivity contribution in [2.24, 2.45) is 5.92 Å². The van der Waals surface area contributed by atoms with Gasteiger partial charge in [0.25, 0.3) is 5.91 Å². The molecule has 3 aliphatic rings. The Bertz CT molecular complexity index is 1570. The van der Waals surface area contributed by atoms with Crippen LogP contribution >= 0.6 is 22.9 Å². The highest BCUT2D eigenvalue weighted by Gasteiger charge is 2.42. The van der Waals surface area contributed by atoms with Gasteiger partial charge in [0.05, 0.1) is 53.5 Å². The zero-order valence-electron chi connectivity index (χ0n) is 25.0. The van der Waals surface area contributed by atoms with Crippen molar-refractivity contribution in [3.63, 3.8) is 0 Å². The first-order valence-electron chi connectivity index (χ1n) is 15.4. The van der Waals surface area contributed by atoms with Gasteiger partial charge in [-0.15, -0.1) is 11.3 Å². The zero-order chi connectivity index (χ0) is 31.7. The normalized spacial score (nSPS) is 24.1. The number of likely N-dealkylation sites (tertiary alicyclic amines) is 2. The number of carboxylic acid groups (broad SMARTS) is 1. The highest BCUT2D eigenvalue weighted by molar-refractivity contribution is 7.17. The number of nitrogens with zero attached hydrogens (tertiary/aromatic N) is 2. The van der Waals surface area contributed by atoms with E-state index in [2.05, 4.69) is 10.2 Å². The number of carbonyl (C=O) groups excluding carboxylic acids is 2. The van der Waals surface area contributed by atoms with Gasteiger partial charge in [-0.2, -0.15) is 0 Å². The van der Waals surface area contributed by atoms with Gasteiger partial charge in [0.2, 0.25) is 5.91 Å². The fourth-order valence-electron chi connectivity index (χ4n) is 6.69. The summed E-state index contributed by atoms with van der Waals surface area (Å²) in [5.41, 5.74) is 0.779. The summed E-state index contributed by atoms with van der Waals surface area (Å²) in [6.45, 7) is 2.45. The average molecular weight is 658 g/mol. The van der Waals surface area contributed by atoms with Crippen LogP contribution in [0.2, 0.25) is 5.02 Å². The maximum atomic E-state index is 15.4. The molecule has 45 heavy (non-hydrogen) atoms. The fourth-order valence-corrected chi connectivity index (χ4v) is 7.86. The van der Waals surface area contributed by atoms with E-state index in [1.807, 2.05) is 24.3 Å². The van der Waals surface area contributed by atoms with Gasteiger partial charge in [-0.05, 0) is 55.9 Å². The summed E-state index contributed by atoms with van der Waals surface area (Å²) in [7, 11) is 1.70. The lowest BCUT2D eigenvalue weighted by Crippen LogP contribution is -2.56. The number of anilines is 1. The van der Waals surface area contributed by atoms with E-state index < -0.39 is 11.8 Å². The molecule has 1 saturated carbocycles. The van der Waals surface area contributed by atoms with Crippen LogP contribution in [0, 0.1) is 11.7 Å². The first-order valence-corrected chi connectivity index (χ1v) is 16.6. The number of hydrogen-bond donors (Lipinski definition) is 2. The zero-order valence-corrected chi connectivity index (χ0v) is 26.6. The predicted octanol–water partition coefficient (Wildman–Crippen LogP) is 5.45. The second-order valence-electron chi connectivity index (χ2n) is 12.2. The maximum Gasteiger partial charge on any atom is 0.306 e. The maximum absolute atomic E-state index is 15.4. The first-order chi connectivity index (χ1) is 21.7. The Labute approximate surface area is 270 Å². The lowest BCUT2D eigenvalue weighted by molar-refractivity contribution is -0.144. The molecule has 2 N–H and O–H groups in total. The average Bonchev–Trinajstić information content (AvgIpc) is 3.63. The number of benzene rings is 2. The van der Waals surface area contributed by atoms with Gasteiger partial charge < -0.3 is 24.8 Å². The van der Waals surface area contributed by atoms with E-state index in [9.17, 15) is 19.5 Å². The van der Waals surface area contributed by atoms with Gasteiger partial charge in [-0.25, -0.2) is 4.39 Å². The molecule has 0 spiro atoms. The number of hydrogen-bond acceptors (Lipinski definition) is 7. The van der Waals surface area contributed by atoms with E-state index in [1.165, 1.54) is 23.5 Å². The van der Waals surface area contributed by atoms with Crippen molar-refractivity contribution >= 4 is 56.5 Å². The van der Waals surface area contributed by atoms with Gasteiger partial charge in [-0.3, -0.25) is 19.3 Å². The Kier molecular flexibility index (Phi) is 9.72. The summed E-state index contributed by atoms with van der Waals surface area (Å²) in [4.78, 5) is 42.1. The molecular formula is C33H37ClFN3O6S. The molecule has 3 aromatic rings. The van der Waals surface area contributed by atoms with Crippen molar-refractivity contribution in [2.75, 3.05) is 38.7 Å². The summed E-state index contributed by atoms with van der Waals surface area (Å²) in [5, 5.41) is 14.7. The number of thiophene rings is 1. The monoisotopic (exact) mass is 657 g/mol. The minimum Gasteiger partial charge on any atom is -0.481 e. The third-order valence-electron chi connectivity index (χ3n) is 9.44. The molecule has 2 saturated heterocycles. The molecule has 0 bridgehead atoms. The van der Waals surface area contributed by atoms with E-state index in [0.29, 0.717) is 44.4 Å².